The van der Waals surface area contributed by atoms with Gasteiger partial charge in [-0.05, 0) is 32.9 Å². The van der Waals surface area contributed by atoms with Crippen molar-refractivity contribution in [3.8, 4) is 5.75 Å². The van der Waals surface area contributed by atoms with Gasteiger partial charge in [0.15, 0.2) is 16.5 Å². The minimum atomic E-state index is -3.94. The summed E-state index contributed by atoms with van der Waals surface area (Å²) in [6.07, 6.45) is 2.07. The number of benzene rings is 1. The number of aryl methyl sites for hydroxylation is 3. The number of urea groups is 1. The molecule has 3 aromatic rings. The summed E-state index contributed by atoms with van der Waals surface area (Å²) in [5.74, 6) is -0.253. The largest absolute Gasteiger partial charge is 0.486 e. The number of likely N-dealkylation sites (N-methyl/N-ethyl adjacent to an activating group) is 1. The van der Waals surface area contributed by atoms with Crippen LogP contribution in [0.4, 0.5) is 16.2 Å². The van der Waals surface area contributed by atoms with Crippen LogP contribution in [0.25, 0.3) is 0 Å². The molecular formula is C26H35N7O7S. The third kappa shape index (κ3) is 6.21. The smallest absolute Gasteiger partial charge is 0.323 e. The van der Waals surface area contributed by atoms with Gasteiger partial charge in [0.2, 0.25) is 0 Å². The molecule has 15 heteroatoms. The van der Waals surface area contributed by atoms with Gasteiger partial charge in [-0.15, -0.1) is 0 Å². The molecule has 3 heterocycles. The number of anilines is 2. The quantitative estimate of drug-likeness (QED) is 0.356. The normalized spacial score (nSPS) is 18.3. The van der Waals surface area contributed by atoms with E-state index in [0.29, 0.717) is 17.1 Å². The number of aliphatic hydroxyl groups is 1. The summed E-state index contributed by atoms with van der Waals surface area (Å²) in [5, 5.41) is 19.0. The Labute approximate surface area is 238 Å². The first-order valence-corrected chi connectivity index (χ1v) is 14.4. The maximum absolute atomic E-state index is 13.7. The Morgan fingerprint density at radius 2 is 2.02 bits per heavy atom. The highest BCUT2D eigenvalue weighted by Crippen LogP contribution is 2.35. The number of hydrogen-bond acceptors (Lipinski definition) is 9. The predicted molar refractivity (Wildman–Crippen MR) is 149 cm³/mol. The molecule has 1 aliphatic rings. The summed E-state index contributed by atoms with van der Waals surface area (Å²) in [4.78, 5) is 32.1. The number of aromatic nitrogens is 3. The van der Waals surface area contributed by atoms with E-state index < -0.39 is 34.1 Å². The number of rotatable bonds is 8. The molecule has 3 atom stereocenters. The highest BCUT2D eigenvalue weighted by Gasteiger charge is 2.36. The standard InChI is InChI=1S/C26H35N7O7S/c1-15-10-33(16(2)13-34)25(35)19-8-7-9-20(28-26(36)29-23-17(3)30-40-18(23)4)24(19)39-21(15)11-32(6)41(37,38)22-12-31(5)14-27-22/h7-9,12,14-16,21,34H,10-11,13H2,1-6H3,(H2,28,29,36)/t15-,16-,21-/m1/s1. The van der Waals surface area contributed by atoms with Crippen molar-refractivity contribution in [1.29, 1.82) is 0 Å². The second kappa shape index (κ2) is 11.9. The van der Waals surface area contributed by atoms with Crippen molar-refractivity contribution in [2.24, 2.45) is 13.0 Å². The van der Waals surface area contributed by atoms with Crippen LogP contribution in [0.2, 0.25) is 0 Å². The minimum Gasteiger partial charge on any atom is -0.486 e. The zero-order valence-corrected chi connectivity index (χ0v) is 24.6. The fourth-order valence-electron chi connectivity index (χ4n) is 4.52. The number of imidazole rings is 1. The van der Waals surface area contributed by atoms with Gasteiger partial charge < -0.3 is 34.5 Å². The molecule has 4 rings (SSSR count). The van der Waals surface area contributed by atoms with Crippen molar-refractivity contribution < 1.29 is 32.4 Å². The van der Waals surface area contributed by atoms with Crippen LogP contribution in [0.3, 0.4) is 0 Å². The van der Waals surface area contributed by atoms with Crippen LogP contribution in [0.5, 0.6) is 5.75 Å². The van der Waals surface area contributed by atoms with Crippen molar-refractivity contribution in [1.82, 2.24) is 23.9 Å². The molecule has 0 saturated carbocycles. The van der Waals surface area contributed by atoms with E-state index in [1.165, 1.54) is 29.0 Å². The third-order valence-electron chi connectivity index (χ3n) is 7.00. The van der Waals surface area contributed by atoms with Gasteiger partial charge in [0, 0.05) is 32.8 Å². The number of sulfonamides is 1. The van der Waals surface area contributed by atoms with Crippen LogP contribution < -0.4 is 15.4 Å². The molecule has 14 nitrogen and oxygen atoms in total. The van der Waals surface area contributed by atoms with Crippen LogP contribution in [-0.2, 0) is 17.1 Å². The Morgan fingerprint density at radius 3 is 2.63 bits per heavy atom. The molecule has 0 spiro atoms. The summed E-state index contributed by atoms with van der Waals surface area (Å²) in [5.41, 5.74) is 1.26. The summed E-state index contributed by atoms with van der Waals surface area (Å²) in [7, 11) is -0.840. The number of para-hydroxylation sites is 1. The van der Waals surface area contributed by atoms with Gasteiger partial charge in [-0.2, -0.15) is 4.31 Å². The van der Waals surface area contributed by atoms with Crippen molar-refractivity contribution in [3.05, 3.63) is 47.7 Å². The topological polar surface area (TPSA) is 172 Å². The van der Waals surface area contributed by atoms with E-state index in [1.54, 1.807) is 46.0 Å². The lowest BCUT2D eigenvalue weighted by atomic mass is 9.99. The molecule has 1 aliphatic heterocycles. The van der Waals surface area contributed by atoms with E-state index in [9.17, 15) is 23.1 Å². The number of carbonyl (C=O) groups excluding carboxylic acids is 2. The molecule has 0 aliphatic carbocycles. The van der Waals surface area contributed by atoms with Gasteiger partial charge in [0.05, 0.1) is 36.8 Å². The number of fused-ring (bicyclic) bond motifs is 1. The van der Waals surface area contributed by atoms with Crippen LogP contribution in [0.1, 0.15) is 35.7 Å². The maximum atomic E-state index is 13.7. The van der Waals surface area contributed by atoms with Gasteiger partial charge in [0.25, 0.3) is 15.9 Å². The predicted octanol–water partition coefficient (Wildman–Crippen LogP) is 2.21. The SMILES string of the molecule is Cc1noc(C)c1NC(=O)Nc1cccc2c1O[C@H](CN(C)S(=O)(=O)c1cn(C)cn1)[C@H](C)CN([C@H](C)CO)C2=O. The average Bonchev–Trinajstić information content (AvgIpc) is 3.51. The van der Waals surface area contributed by atoms with E-state index in [0.717, 1.165) is 4.31 Å². The first-order valence-electron chi connectivity index (χ1n) is 13.0. The Bertz CT molecular complexity index is 1510. The molecule has 3 amide bonds. The number of nitrogens with zero attached hydrogens (tertiary/aromatic N) is 5. The summed E-state index contributed by atoms with van der Waals surface area (Å²) in [6.45, 7) is 6.75. The molecule has 0 bridgehead atoms. The Hall–Kier alpha value is -3.95. The fourth-order valence-corrected chi connectivity index (χ4v) is 5.66. The Kier molecular flexibility index (Phi) is 8.70. The zero-order chi connectivity index (χ0) is 30.1. The Morgan fingerprint density at radius 1 is 1.29 bits per heavy atom. The number of aliphatic hydroxyl groups excluding tert-OH is 1. The van der Waals surface area contributed by atoms with Crippen LogP contribution in [0, 0.1) is 19.8 Å². The number of ether oxygens (including phenoxy) is 1. The van der Waals surface area contributed by atoms with Crippen LogP contribution >= 0.6 is 0 Å². The zero-order valence-electron chi connectivity index (χ0n) is 23.8. The van der Waals surface area contributed by atoms with Crippen LogP contribution in [0.15, 0.2) is 40.3 Å². The number of nitrogens with one attached hydrogen (secondary N) is 2. The van der Waals surface area contributed by atoms with E-state index in [1.807, 2.05) is 6.92 Å². The lowest BCUT2D eigenvalue weighted by Crippen LogP contribution is -2.50. The van der Waals surface area contributed by atoms with E-state index >= 15 is 0 Å². The van der Waals surface area contributed by atoms with E-state index in [4.69, 9.17) is 9.26 Å². The molecule has 222 valence electrons. The molecule has 0 radical (unpaired) electrons. The monoisotopic (exact) mass is 589 g/mol. The van der Waals surface area contributed by atoms with Crippen molar-refractivity contribution >= 4 is 33.3 Å². The lowest BCUT2D eigenvalue weighted by molar-refractivity contribution is 0.0389. The van der Waals surface area contributed by atoms with Gasteiger partial charge in [0.1, 0.15) is 17.5 Å². The maximum Gasteiger partial charge on any atom is 0.323 e. The second-order valence-corrected chi connectivity index (χ2v) is 12.2. The van der Waals surface area contributed by atoms with Gasteiger partial charge >= 0.3 is 6.03 Å². The van der Waals surface area contributed by atoms with Gasteiger partial charge in [-0.1, -0.05) is 18.1 Å². The molecule has 0 saturated heterocycles. The second-order valence-electron chi connectivity index (χ2n) is 10.2. The molecule has 41 heavy (non-hydrogen) atoms. The molecule has 2 aromatic heterocycles. The summed E-state index contributed by atoms with van der Waals surface area (Å²) >= 11 is 0. The lowest BCUT2D eigenvalue weighted by Gasteiger charge is -2.38. The third-order valence-corrected chi connectivity index (χ3v) is 8.71. The molecule has 0 fully saturated rings. The molecular weight excluding hydrogens is 554 g/mol. The number of hydrogen-bond donors (Lipinski definition) is 3. The summed E-state index contributed by atoms with van der Waals surface area (Å²) in [6, 6.07) is 3.60. The minimum absolute atomic E-state index is 0.0747. The van der Waals surface area contributed by atoms with Gasteiger partial charge in [-0.3, -0.25) is 4.79 Å². The first kappa shape index (κ1) is 30.0. The highest BCUT2D eigenvalue weighted by molar-refractivity contribution is 7.89. The number of amides is 3. The van der Waals surface area contributed by atoms with E-state index in [2.05, 4.69) is 20.8 Å². The molecule has 1 aromatic carbocycles. The first-order chi connectivity index (χ1) is 19.3. The fraction of sp³-hybridized carbons (Fsp3) is 0.462. The van der Waals surface area contributed by atoms with E-state index in [-0.39, 0.29) is 47.6 Å². The van der Waals surface area contributed by atoms with Crippen molar-refractivity contribution in [2.75, 3.05) is 37.4 Å². The average molecular weight is 590 g/mol. The summed E-state index contributed by atoms with van der Waals surface area (Å²) < 4.78 is 40.6. The molecule has 3 N–H and O–H groups in total. The molecule has 0 unspecified atom stereocenters. The highest BCUT2D eigenvalue weighted by atomic mass is 32.2. The van der Waals surface area contributed by atoms with Crippen molar-refractivity contribution in [3.63, 3.8) is 0 Å². The number of carbonyl (C=O) groups is 2. The van der Waals surface area contributed by atoms with Gasteiger partial charge in [-0.25, -0.2) is 18.2 Å². The van der Waals surface area contributed by atoms with Crippen LogP contribution in [-0.4, -0.2) is 88.3 Å². The Balaban J connectivity index is 1.70. The van der Waals surface area contributed by atoms with Crippen molar-refractivity contribution in [2.45, 2.75) is 44.9 Å².